The highest BCUT2D eigenvalue weighted by atomic mass is 31.2. The van der Waals surface area contributed by atoms with E-state index in [1.807, 2.05) is 0 Å². The van der Waals surface area contributed by atoms with Crippen molar-refractivity contribution < 1.29 is 86.1 Å². The summed E-state index contributed by atoms with van der Waals surface area (Å²) >= 11 is 0. The van der Waals surface area contributed by atoms with E-state index in [9.17, 15) is 47.0 Å². The monoisotopic (exact) mass is 566 g/mol. The molecule has 0 saturated heterocycles. The summed E-state index contributed by atoms with van der Waals surface area (Å²) in [5.74, 6) is -2.78. The van der Waals surface area contributed by atoms with Crippen molar-refractivity contribution in [2.24, 2.45) is 5.92 Å². The van der Waals surface area contributed by atoms with Crippen LogP contribution in [0, 0.1) is 5.92 Å². The van der Waals surface area contributed by atoms with Gasteiger partial charge in [0.1, 0.15) is 0 Å². The fourth-order valence-corrected chi connectivity index (χ4v) is 11.0. The molecule has 0 aliphatic carbocycles. The molecule has 0 amide bonds. The van der Waals surface area contributed by atoms with Crippen LogP contribution in [-0.2, 0) is 27.4 Å². The minimum absolute atomic E-state index is 1.87. The molecule has 0 bridgehead atoms. The first kappa shape index (κ1) is 30.9. The van der Waals surface area contributed by atoms with Gasteiger partial charge >= 0.3 is 45.6 Å². The van der Waals surface area contributed by atoms with Crippen molar-refractivity contribution >= 4 is 45.6 Å². The van der Waals surface area contributed by atoms with Gasteiger partial charge in [0.15, 0.2) is 16.2 Å². The molecule has 18 nitrogen and oxygen atoms in total. The van der Waals surface area contributed by atoms with E-state index in [0.717, 1.165) is 0 Å². The molecule has 0 heterocycles. The molecule has 182 valence electrons. The minimum Gasteiger partial charge on any atom is -0.324 e. The Balaban J connectivity index is 6.83. The first-order valence-corrected chi connectivity index (χ1v) is 17.1. The highest BCUT2D eigenvalue weighted by Gasteiger charge is 2.56. The molecule has 24 heteroatoms. The van der Waals surface area contributed by atoms with Crippen LogP contribution >= 0.6 is 45.6 Å². The van der Waals surface area contributed by atoms with Gasteiger partial charge in [-0.25, -0.2) is 0 Å². The Kier molecular flexibility index (Phi) is 9.93. The van der Waals surface area contributed by atoms with Gasteiger partial charge in [0.25, 0.3) is 0 Å². The average Bonchev–Trinajstić information content (AvgIpc) is 2.32. The quantitative estimate of drug-likeness (QED) is 0.126. The highest BCUT2D eigenvalue weighted by Crippen LogP contribution is 2.70. The van der Waals surface area contributed by atoms with E-state index in [2.05, 4.69) is 0 Å². The molecule has 0 radical (unpaired) electrons. The lowest BCUT2D eigenvalue weighted by Crippen LogP contribution is -2.29. The summed E-state index contributed by atoms with van der Waals surface area (Å²) in [6, 6.07) is 0. The minimum atomic E-state index is -6.05. The Morgan fingerprint density at radius 3 is 0.733 bits per heavy atom. The third-order valence-electron chi connectivity index (χ3n) is 3.69. The molecule has 0 aliphatic heterocycles. The molecule has 0 atom stereocenters. The molecule has 0 aromatic heterocycles. The van der Waals surface area contributed by atoms with Crippen LogP contribution in [-0.4, -0.2) is 74.9 Å². The lowest BCUT2D eigenvalue weighted by Gasteiger charge is -2.33. The molecular formula is C6H20O18P6. The molecule has 0 saturated carbocycles. The van der Waals surface area contributed by atoms with Gasteiger partial charge in [0.05, 0.1) is 0 Å². The molecular weight excluding hydrogens is 546 g/mol. The van der Waals surface area contributed by atoms with E-state index in [1.165, 1.54) is 0 Å². The summed E-state index contributed by atoms with van der Waals surface area (Å²) in [5.41, 5.74) is 0. The number of rotatable bonds is 11. The van der Waals surface area contributed by atoms with Crippen LogP contribution in [0.5, 0.6) is 0 Å². The predicted molar refractivity (Wildman–Crippen MR) is 96.4 cm³/mol. The molecule has 12 N–H and O–H groups in total. The fourth-order valence-electron chi connectivity index (χ4n) is 2.57. The second-order valence-electron chi connectivity index (χ2n) is 6.14. The first-order chi connectivity index (χ1) is 12.7. The maximum absolute atomic E-state index is 11.6. The number of hydrogen-bond acceptors (Lipinski definition) is 6. The zero-order valence-electron chi connectivity index (χ0n) is 14.2. The Labute approximate surface area is 167 Å². The van der Waals surface area contributed by atoms with Gasteiger partial charge in [-0.05, 0) is 18.8 Å². The number of hydrogen-bond donors (Lipinski definition) is 12. The van der Waals surface area contributed by atoms with Gasteiger partial charge in [-0.1, -0.05) is 0 Å². The van der Waals surface area contributed by atoms with Gasteiger partial charge in [-0.3, -0.25) is 27.4 Å². The van der Waals surface area contributed by atoms with Crippen LogP contribution in [0.2, 0.25) is 0 Å². The van der Waals surface area contributed by atoms with Crippen LogP contribution in [0.3, 0.4) is 0 Å². The molecule has 0 unspecified atom stereocenters. The first-order valence-electron chi connectivity index (χ1n) is 7.01. The van der Waals surface area contributed by atoms with Gasteiger partial charge in [0.2, 0.25) is 0 Å². The van der Waals surface area contributed by atoms with Crippen molar-refractivity contribution in [2.75, 3.05) is 0 Å². The van der Waals surface area contributed by atoms with Crippen molar-refractivity contribution in [2.45, 2.75) is 29.0 Å². The Hall–Kier alpha value is 0.900. The molecule has 0 fully saturated rings. The van der Waals surface area contributed by atoms with Crippen molar-refractivity contribution in [3.63, 3.8) is 0 Å². The predicted octanol–water partition coefficient (Wildman–Crippen LogP) is -1.57. The van der Waals surface area contributed by atoms with E-state index in [1.54, 1.807) is 0 Å². The second-order valence-corrected chi connectivity index (χ2v) is 18.0. The van der Waals surface area contributed by atoms with E-state index >= 15 is 0 Å². The molecule has 0 aromatic rings. The summed E-state index contributed by atoms with van der Waals surface area (Å²) < 4.78 is 68.9. The molecule has 0 aromatic carbocycles. The lowest BCUT2D eigenvalue weighted by molar-refractivity contribution is 0.281. The van der Waals surface area contributed by atoms with Crippen molar-refractivity contribution in [1.82, 2.24) is 0 Å². The second kappa shape index (κ2) is 9.64. The molecule has 0 spiro atoms. The van der Waals surface area contributed by atoms with Crippen molar-refractivity contribution in [1.29, 1.82) is 0 Å². The summed E-state index contributed by atoms with van der Waals surface area (Å²) in [6.45, 7) is 0. The zero-order chi connectivity index (χ0) is 24.7. The Morgan fingerprint density at radius 2 is 0.600 bits per heavy atom. The average molecular weight is 566 g/mol. The summed E-state index contributed by atoms with van der Waals surface area (Å²) in [5, 5.41) is -9.68. The fraction of sp³-hybridized carbons (Fsp3) is 1.00. The summed E-state index contributed by atoms with van der Waals surface area (Å²) in [4.78, 5) is 110. The Morgan fingerprint density at radius 1 is 0.400 bits per heavy atom. The van der Waals surface area contributed by atoms with Gasteiger partial charge < -0.3 is 58.7 Å². The van der Waals surface area contributed by atoms with E-state index < -0.39 is 80.5 Å². The highest BCUT2D eigenvalue weighted by molar-refractivity contribution is 7.72. The zero-order valence-corrected chi connectivity index (χ0v) is 19.6. The standard InChI is InChI=1S/C6H20O18P6/c7-25(8,9)4(26(10,11)12)1-3(6(29(19,20)21)30(22,23)24)2-5(27(13,14)15)28(16,17)18/h3-6H,1-2H2,(H2,7,8,9)(H2,10,11,12)(H2,13,14,15)(H2,16,17,18)(H2,19,20,21)(H2,22,23,24). The molecule has 0 rings (SSSR count). The van der Waals surface area contributed by atoms with Crippen LogP contribution in [0.4, 0.5) is 0 Å². The molecule has 30 heavy (non-hydrogen) atoms. The maximum Gasteiger partial charge on any atom is 0.340 e. The van der Waals surface area contributed by atoms with Crippen LogP contribution < -0.4 is 0 Å². The van der Waals surface area contributed by atoms with Gasteiger partial charge in [-0.2, -0.15) is 0 Å². The lowest BCUT2D eigenvalue weighted by atomic mass is 10.1. The SMILES string of the molecule is O=P(O)(O)C(CC(CC(P(=O)(O)O)P(=O)(O)O)C(P(=O)(O)O)P(=O)(O)O)P(=O)(O)O. The van der Waals surface area contributed by atoms with Gasteiger partial charge in [0, 0.05) is 0 Å². The largest absolute Gasteiger partial charge is 0.340 e. The van der Waals surface area contributed by atoms with Crippen LogP contribution in [0.25, 0.3) is 0 Å². The van der Waals surface area contributed by atoms with Crippen LogP contribution in [0.1, 0.15) is 12.8 Å². The van der Waals surface area contributed by atoms with Crippen LogP contribution in [0.15, 0.2) is 0 Å². The molecule has 0 aliphatic rings. The van der Waals surface area contributed by atoms with E-state index in [0.29, 0.717) is 0 Å². The van der Waals surface area contributed by atoms with Gasteiger partial charge in [-0.15, -0.1) is 0 Å². The Bertz CT molecular complexity index is 772. The van der Waals surface area contributed by atoms with E-state index in [4.69, 9.17) is 39.1 Å². The van der Waals surface area contributed by atoms with E-state index in [-0.39, 0.29) is 0 Å². The summed E-state index contributed by atoms with van der Waals surface area (Å²) in [6.07, 6.45) is -3.74. The third kappa shape index (κ3) is 9.41. The summed E-state index contributed by atoms with van der Waals surface area (Å²) in [7, 11) is -35.6. The van der Waals surface area contributed by atoms with Crippen molar-refractivity contribution in [3.8, 4) is 0 Å². The third-order valence-corrected chi connectivity index (χ3v) is 15.3. The maximum atomic E-state index is 11.6. The normalized spacial score (nSPS) is 15.6. The topological polar surface area (TPSA) is 345 Å². The van der Waals surface area contributed by atoms with Crippen molar-refractivity contribution in [3.05, 3.63) is 0 Å². The smallest absolute Gasteiger partial charge is 0.324 e.